The predicted octanol–water partition coefficient (Wildman–Crippen LogP) is 1.78. The minimum Gasteiger partial charge on any atom is -0.497 e. The van der Waals surface area contributed by atoms with Gasteiger partial charge in [0.15, 0.2) is 0 Å². The highest BCUT2D eigenvalue weighted by Gasteiger charge is 1.95. The number of nitrogens with zero attached hydrogens (tertiary/aromatic N) is 1. The molecule has 0 spiro atoms. The van der Waals surface area contributed by atoms with E-state index in [2.05, 4.69) is 15.3 Å². The summed E-state index contributed by atoms with van der Waals surface area (Å²) in [6.07, 6.45) is 0.961. The Hall–Kier alpha value is -2.04. The number of rotatable bonds is 4. The van der Waals surface area contributed by atoms with Crippen LogP contribution in [0.15, 0.2) is 29.4 Å². The smallest absolute Gasteiger partial charge is 0.427 e. The van der Waals surface area contributed by atoms with Gasteiger partial charge in [-0.1, -0.05) is 0 Å². The minimum atomic E-state index is -0.563. The molecule has 0 aliphatic rings. The van der Waals surface area contributed by atoms with Gasteiger partial charge in [0.1, 0.15) is 5.75 Å². The second-order valence-electron chi connectivity index (χ2n) is 2.86. The first kappa shape index (κ1) is 12.0. The van der Waals surface area contributed by atoms with Gasteiger partial charge in [0, 0.05) is 0 Å². The van der Waals surface area contributed by atoms with Gasteiger partial charge in [-0.05, 0) is 36.8 Å². The maximum atomic E-state index is 10.9. The average molecular weight is 222 g/mol. The Balaban J connectivity index is 2.46. The lowest BCUT2D eigenvalue weighted by Crippen LogP contribution is -2.18. The lowest BCUT2D eigenvalue weighted by atomic mass is 10.2. The Labute approximate surface area is 94.1 Å². The summed E-state index contributed by atoms with van der Waals surface area (Å²) in [6.45, 7) is 2.05. The third-order valence-corrected chi connectivity index (χ3v) is 1.76. The van der Waals surface area contributed by atoms with Crippen LogP contribution in [0.25, 0.3) is 0 Å². The normalized spacial score (nSPS) is 10.1. The zero-order chi connectivity index (χ0) is 11.8. The summed E-state index contributed by atoms with van der Waals surface area (Å²) in [6, 6.07) is 7.28. The van der Waals surface area contributed by atoms with Crippen molar-refractivity contribution in [3.05, 3.63) is 29.8 Å². The van der Waals surface area contributed by atoms with Crippen LogP contribution in [0.2, 0.25) is 0 Å². The molecule has 0 aliphatic heterocycles. The monoisotopic (exact) mass is 222 g/mol. The predicted molar refractivity (Wildman–Crippen MR) is 60.7 cm³/mol. The molecular formula is C11H14N2O3. The van der Waals surface area contributed by atoms with Crippen molar-refractivity contribution in [2.75, 3.05) is 13.7 Å². The number of hydrazone groups is 1. The molecule has 5 heteroatoms. The Morgan fingerprint density at radius 3 is 2.69 bits per heavy atom. The Morgan fingerprint density at radius 1 is 1.44 bits per heavy atom. The molecule has 0 aromatic heterocycles. The molecule has 0 heterocycles. The molecule has 0 atom stereocenters. The summed E-state index contributed by atoms with van der Waals surface area (Å²) in [7, 11) is 1.60. The van der Waals surface area contributed by atoms with Gasteiger partial charge in [-0.15, -0.1) is 0 Å². The van der Waals surface area contributed by atoms with Crippen LogP contribution in [0.3, 0.4) is 0 Å². The second kappa shape index (κ2) is 6.44. The van der Waals surface area contributed by atoms with E-state index in [1.54, 1.807) is 14.0 Å². The Kier molecular flexibility index (Phi) is 4.85. The molecule has 0 aliphatic carbocycles. The van der Waals surface area contributed by atoms with Gasteiger partial charge in [-0.25, -0.2) is 10.2 Å². The summed E-state index contributed by atoms with van der Waals surface area (Å²) in [5.74, 6) is 0.774. The van der Waals surface area contributed by atoms with Crippen LogP contribution in [0.1, 0.15) is 12.5 Å². The van der Waals surface area contributed by atoms with Gasteiger partial charge in [0.2, 0.25) is 0 Å². The van der Waals surface area contributed by atoms with Crippen molar-refractivity contribution >= 4 is 12.3 Å². The Bertz CT molecular complexity index is 360. The molecule has 0 saturated carbocycles. The molecule has 1 rings (SSSR count). The third kappa shape index (κ3) is 4.00. The zero-order valence-electron chi connectivity index (χ0n) is 9.27. The van der Waals surface area contributed by atoms with Crippen molar-refractivity contribution in [3.63, 3.8) is 0 Å². The minimum absolute atomic E-state index is 0.323. The molecule has 5 nitrogen and oxygen atoms in total. The van der Waals surface area contributed by atoms with E-state index in [1.165, 1.54) is 6.21 Å². The molecule has 0 saturated heterocycles. The van der Waals surface area contributed by atoms with E-state index in [0.717, 1.165) is 11.3 Å². The number of benzene rings is 1. The largest absolute Gasteiger partial charge is 0.497 e. The summed E-state index contributed by atoms with van der Waals surface area (Å²) in [4.78, 5) is 10.9. The third-order valence-electron chi connectivity index (χ3n) is 1.76. The number of amides is 1. The summed E-state index contributed by atoms with van der Waals surface area (Å²) in [5, 5.41) is 3.73. The zero-order valence-corrected chi connectivity index (χ0v) is 9.27. The number of hydrogen-bond donors (Lipinski definition) is 1. The van der Waals surface area contributed by atoms with Crippen LogP contribution in [-0.2, 0) is 4.74 Å². The molecule has 1 aromatic rings. The summed E-state index contributed by atoms with van der Waals surface area (Å²) in [5.41, 5.74) is 3.10. The van der Waals surface area contributed by atoms with Gasteiger partial charge in [-0.2, -0.15) is 5.10 Å². The molecule has 0 radical (unpaired) electrons. The van der Waals surface area contributed by atoms with Gasteiger partial charge >= 0.3 is 6.09 Å². The summed E-state index contributed by atoms with van der Waals surface area (Å²) >= 11 is 0. The molecule has 1 aromatic carbocycles. The second-order valence-corrected chi connectivity index (χ2v) is 2.86. The number of methoxy groups -OCH3 is 1. The van der Waals surface area contributed by atoms with Crippen LogP contribution in [0.4, 0.5) is 4.79 Å². The molecule has 0 fully saturated rings. The van der Waals surface area contributed by atoms with Crippen LogP contribution < -0.4 is 10.2 Å². The van der Waals surface area contributed by atoms with E-state index in [4.69, 9.17) is 4.74 Å². The fourth-order valence-corrected chi connectivity index (χ4v) is 1.01. The highest BCUT2D eigenvalue weighted by Crippen LogP contribution is 2.09. The van der Waals surface area contributed by atoms with Crippen LogP contribution in [0.5, 0.6) is 5.75 Å². The SMILES string of the molecule is CCOC(=O)NN=Cc1ccc(OC)cc1. The van der Waals surface area contributed by atoms with E-state index >= 15 is 0 Å². The lowest BCUT2D eigenvalue weighted by molar-refractivity contribution is 0.152. The van der Waals surface area contributed by atoms with E-state index in [0.29, 0.717) is 6.61 Å². The quantitative estimate of drug-likeness (QED) is 0.624. The number of hydrogen-bond acceptors (Lipinski definition) is 4. The van der Waals surface area contributed by atoms with Crippen molar-refractivity contribution in [3.8, 4) is 5.75 Å². The van der Waals surface area contributed by atoms with Gasteiger partial charge in [-0.3, -0.25) is 0 Å². The van der Waals surface area contributed by atoms with Gasteiger partial charge in [0.05, 0.1) is 19.9 Å². The topological polar surface area (TPSA) is 59.9 Å². The number of carbonyl (C=O) groups excluding carboxylic acids is 1. The van der Waals surface area contributed by atoms with E-state index in [1.807, 2.05) is 24.3 Å². The van der Waals surface area contributed by atoms with E-state index in [-0.39, 0.29) is 0 Å². The average Bonchev–Trinajstić information content (AvgIpc) is 2.30. The molecule has 0 bridgehead atoms. The maximum Gasteiger partial charge on any atom is 0.427 e. The molecule has 16 heavy (non-hydrogen) atoms. The highest BCUT2D eigenvalue weighted by atomic mass is 16.5. The number of ether oxygens (including phenoxy) is 2. The van der Waals surface area contributed by atoms with Crippen molar-refractivity contribution < 1.29 is 14.3 Å². The fourth-order valence-electron chi connectivity index (χ4n) is 1.01. The number of carbonyl (C=O) groups is 1. The van der Waals surface area contributed by atoms with Crippen molar-refractivity contribution in [1.82, 2.24) is 5.43 Å². The first-order valence-corrected chi connectivity index (χ1v) is 4.86. The van der Waals surface area contributed by atoms with Gasteiger partial charge in [0.25, 0.3) is 0 Å². The molecule has 1 N–H and O–H groups in total. The van der Waals surface area contributed by atoms with Crippen LogP contribution in [-0.4, -0.2) is 26.0 Å². The summed E-state index contributed by atoms with van der Waals surface area (Å²) < 4.78 is 9.64. The Morgan fingerprint density at radius 2 is 2.12 bits per heavy atom. The van der Waals surface area contributed by atoms with Gasteiger partial charge < -0.3 is 9.47 Å². The first-order chi connectivity index (χ1) is 7.76. The van der Waals surface area contributed by atoms with Crippen molar-refractivity contribution in [1.29, 1.82) is 0 Å². The van der Waals surface area contributed by atoms with E-state index in [9.17, 15) is 4.79 Å². The van der Waals surface area contributed by atoms with Crippen LogP contribution in [0, 0.1) is 0 Å². The number of nitrogens with one attached hydrogen (secondary N) is 1. The molecular weight excluding hydrogens is 208 g/mol. The van der Waals surface area contributed by atoms with E-state index < -0.39 is 6.09 Å². The standard InChI is InChI=1S/C11H14N2O3/c1-3-16-11(14)13-12-8-9-4-6-10(15-2)7-5-9/h4-8H,3H2,1-2H3,(H,13,14). The molecule has 0 unspecified atom stereocenters. The van der Waals surface area contributed by atoms with Crippen molar-refractivity contribution in [2.45, 2.75) is 6.92 Å². The maximum absolute atomic E-state index is 10.9. The first-order valence-electron chi connectivity index (χ1n) is 4.86. The van der Waals surface area contributed by atoms with Crippen molar-refractivity contribution in [2.24, 2.45) is 5.10 Å². The highest BCUT2D eigenvalue weighted by molar-refractivity contribution is 5.80. The van der Waals surface area contributed by atoms with Crippen LogP contribution >= 0.6 is 0 Å². The lowest BCUT2D eigenvalue weighted by Gasteiger charge is -2.00. The fraction of sp³-hybridized carbons (Fsp3) is 0.273. The molecule has 1 amide bonds. The molecule has 86 valence electrons.